The molecule has 0 amide bonds. The average Bonchev–Trinajstić information content (AvgIpc) is 2.76. The van der Waals surface area contributed by atoms with Crippen LogP contribution in [0.5, 0.6) is 0 Å². The predicted octanol–water partition coefficient (Wildman–Crippen LogP) is 1.37. The Morgan fingerprint density at radius 2 is 2.27 bits per heavy atom. The summed E-state index contributed by atoms with van der Waals surface area (Å²) in [6, 6.07) is 0. The van der Waals surface area contributed by atoms with Gasteiger partial charge in [0.15, 0.2) is 0 Å². The van der Waals surface area contributed by atoms with Crippen molar-refractivity contribution in [2.24, 2.45) is 7.05 Å². The van der Waals surface area contributed by atoms with Crippen LogP contribution in [0.15, 0.2) is 12.4 Å². The molecule has 0 aromatic carbocycles. The molecule has 80 valence electrons. The standard InChI is InChI=1S/C10H15N5/c1-7-10(8(2)15(3)14-7)6-11-9-4-12-13-5-9/h4-5,11H,6H2,1-3H3,(H,12,13). The fourth-order valence-corrected chi connectivity index (χ4v) is 1.61. The molecule has 5 heteroatoms. The van der Waals surface area contributed by atoms with Crippen molar-refractivity contribution in [1.29, 1.82) is 0 Å². The third-order valence-corrected chi connectivity index (χ3v) is 2.63. The lowest BCUT2D eigenvalue weighted by Gasteiger charge is -2.03. The number of aromatic nitrogens is 4. The maximum Gasteiger partial charge on any atom is 0.0726 e. The third kappa shape index (κ3) is 1.86. The van der Waals surface area contributed by atoms with Gasteiger partial charge in [0, 0.05) is 31.0 Å². The van der Waals surface area contributed by atoms with Crippen LogP contribution in [0.3, 0.4) is 0 Å². The number of aryl methyl sites for hydroxylation is 2. The minimum Gasteiger partial charge on any atom is -0.378 e. The molecule has 0 unspecified atom stereocenters. The number of aromatic amines is 1. The maximum absolute atomic E-state index is 4.36. The van der Waals surface area contributed by atoms with E-state index in [9.17, 15) is 0 Å². The van der Waals surface area contributed by atoms with Gasteiger partial charge in [-0.25, -0.2) is 0 Å². The van der Waals surface area contributed by atoms with Crippen molar-refractivity contribution >= 4 is 5.69 Å². The van der Waals surface area contributed by atoms with Crippen molar-refractivity contribution in [2.45, 2.75) is 20.4 Å². The number of rotatable bonds is 3. The SMILES string of the molecule is Cc1nn(C)c(C)c1CNc1cn[nH]c1. The van der Waals surface area contributed by atoms with E-state index in [1.165, 1.54) is 11.3 Å². The van der Waals surface area contributed by atoms with Crippen LogP contribution in [-0.4, -0.2) is 20.0 Å². The van der Waals surface area contributed by atoms with Crippen LogP contribution in [0, 0.1) is 13.8 Å². The smallest absolute Gasteiger partial charge is 0.0726 e. The van der Waals surface area contributed by atoms with E-state index in [0.29, 0.717) is 0 Å². The number of hydrogen-bond donors (Lipinski definition) is 2. The van der Waals surface area contributed by atoms with Crippen LogP contribution in [0.1, 0.15) is 17.0 Å². The normalized spacial score (nSPS) is 10.6. The summed E-state index contributed by atoms with van der Waals surface area (Å²) < 4.78 is 1.90. The quantitative estimate of drug-likeness (QED) is 0.795. The summed E-state index contributed by atoms with van der Waals surface area (Å²) in [7, 11) is 1.96. The Kier molecular flexibility index (Phi) is 2.45. The number of hydrogen-bond acceptors (Lipinski definition) is 3. The first-order chi connectivity index (χ1) is 7.18. The molecule has 2 rings (SSSR count). The molecule has 0 saturated heterocycles. The topological polar surface area (TPSA) is 58.5 Å². The Hall–Kier alpha value is -1.78. The Balaban J connectivity index is 2.11. The molecule has 5 nitrogen and oxygen atoms in total. The molecule has 0 atom stereocenters. The van der Waals surface area contributed by atoms with Gasteiger partial charge in [0.2, 0.25) is 0 Å². The van der Waals surface area contributed by atoms with Crippen LogP contribution in [0.25, 0.3) is 0 Å². The summed E-state index contributed by atoms with van der Waals surface area (Å²) in [5.74, 6) is 0. The highest BCUT2D eigenvalue weighted by Crippen LogP contribution is 2.13. The van der Waals surface area contributed by atoms with Crippen LogP contribution in [0.2, 0.25) is 0 Å². The molecule has 0 saturated carbocycles. The van der Waals surface area contributed by atoms with E-state index in [2.05, 4.69) is 27.5 Å². The van der Waals surface area contributed by atoms with E-state index in [1.54, 1.807) is 6.20 Å². The van der Waals surface area contributed by atoms with Crippen molar-refractivity contribution < 1.29 is 0 Å². The van der Waals surface area contributed by atoms with Crippen LogP contribution >= 0.6 is 0 Å². The molecule has 2 N–H and O–H groups in total. The number of nitrogens with zero attached hydrogens (tertiary/aromatic N) is 3. The fourth-order valence-electron chi connectivity index (χ4n) is 1.61. The molecule has 0 aliphatic rings. The molecular weight excluding hydrogens is 190 g/mol. The highest BCUT2D eigenvalue weighted by molar-refractivity contribution is 5.39. The highest BCUT2D eigenvalue weighted by Gasteiger charge is 2.08. The Bertz CT molecular complexity index is 441. The van der Waals surface area contributed by atoms with Crippen molar-refractivity contribution in [2.75, 3.05) is 5.32 Å². The Labute approximate surface area is 88.5 Å². The minimum atomic E-state index is 0.783. The summed E-state index contributed by atoms with van der Waals surface area (Å²) in [6.45, 7) is 4.89. The van der Waals surface area contributed by atoms with Gasteiger partial charge in [-0.2, -0.15) is 10.2 Å². The summed E-state index contributed by atoms with van der Waals surface area (Å²) in [4.78, 5) is 0. The summed E-state index contributed by atoms with van der Waals surface area (Å²) in [5, 5.41) is 14.3. The summed E-state index contributed by atoms with van der Waals surface area (Å²) >= 11 is 0. The zero-order chi connectivity index (χ0) is 10.8. The van der Waals surface area contributed by atoms with Gasteiger partial charge >= 0.3 is 0 Å². The van der Waals surface area contributed by atoms with E-state index in [0.717, 1.165) is 17.9 Å². The second-order valence-electron chi connectivity index (χ2n) is 3.61. The van der Waals surface area contributed by atoms with Gasteiger partial charge in [-0.1, -0.05) is 0 Å². The second kappa shape index (κ2) is 3.76. The lowest BCUT2D eigenvalue weighted by Crippen LogP contribution is -2.01. The van der Waals surface area contributed by atoms with E-state index in [1.807, 2.05) is 24.9 Å². The first kappa shape index (κ1) is 9.76. The van der Waals surface area contributed by atoms with Gasteiger partial charge in [-0.05, 0) is 13.8 Å². The molecule has 2 heterocycles. The van der Waals surface area contributed by atoms with Gasteiger partial charge in [0.25, 0.3) is 0 Å². The summed E-state index contributed by atoms with van der Waals surface area (Å²) in [6.07, 6.45) is 3.60. The third-order valence-electron chi connectivity index (χ3n) is 2.63. The van der Waals surface area contributed by atoms with E-state index in [4.69, 9.17) is 0 Å². The molecule has 0 bridgehead atoms. The second-order valence-corrected chi connectivity index (χ2v) is 3.61. The molecule has 2 aromatic rings. The van der Waals surface area contributed by atoms with Crippen LogP contribution in [0.4, 0.5) is 5.69 Å². The van der Waals surface area contributed by atoms with Gasteiger partial charge in [-0.15, -0.1) is 0 Å². The van der Waals surface area contributed by atoms with Crippen LogP contribution in [-0.2, 0) is 13.6 Å². The molecule has 15 heavy (non-hydrogen) atoms. The highest BCUT2D eigenvalue weighted by atomic mass is 15.3. The van der Waals surface area contributed by atoms with Crippen molar-refractivity contribution in [3.8, 4) is 0 Å². The van der Waals surface area contributed by atoms with Gasteiger partial charge < -0.3 is 5.32 Å². The van der Waals surface area contributed by atoms with Crippen molar-refractivity contribution in [1.82, 2.24) is 20.0 Å². The molecule has 0 aliphatic carbocycles. The zero-order valence-corrected chi connectivity index (χ0v) is 9.20. The van der Waals surface area contributed by atoms with Crippen molar-refractivity contribution in [3.63, 3.8) is 0 Å². The lowest BCUT2D eigenvalue weighted by molar-refractivity contribution is 0.730. The van der Waals surface area contributed by atoms with Gasteiger partial charge in [0.1, 0.15) is 0 Å². The lowest BCUT2D eigenvalue weighted by atomic mass is 10.2. The largest absolute Gasteiger partial charge is 0.378 e. The predicted molar refractivity (Wildman–Crippen MR) is 58.6 cm³/mol. The minimum absolute atomic E-state index is 0.783. The number of nitrogens with one attached hydrogen (secondary N) is 2. The number of anilines is 1. The number of H-pyrrole nitrogens is 1. The van der Waals surface area contributed by atoms with E-state index in [-0.39, 0.29) is 0 Å². The van der Waals surface area contributed by atoms with Gasteiger partial charge in [-0.3, -0.25) is 9.78 Å². The molecular formula is C10H15N5. The first-order valence-corrected chi connectivity index (χ1v) is 4.90. The molecule has 0 fully saturated rings. The average molecular weight is 205 g/mol. The van der Waals surface area contributed by atoms with Crippen molar-refractivity contribution in [3.05, 3.63) is 29.3 Å². The van der Waals surface area contributed by atoms with E-state index < -0.39 is 0 Å². The summed E-state index contributed by atoms with van der Waals surface area (Å²) in [5.41, 5.74) is 4.52. The molecule has 0 radical (unpaired) electrons. The first-order valence-electron chi connectivity index (χ1n) is 4.90. The van der Waals surface area contributed by atoms with Gasteiger partial charge in [0.05, 0.1) is 17.6 Å². The molecule has 2 aromatic heterocycles. The molecule has 0 spiro atoms. The van der Waals surface area contributed by atoms with E-state index >= 15 is 0 Å². The zero-order valence-electron chi connectivity index (χ0n) is 9.20. The fraction of sp³-hybridized carbons (Fsp3) is 0.400. The Morgan fingerprint density at radius 3 is 2.80 bits per heavy atom. The Morgan fingerprint density at radius 1 is 1.47 bits per heavy atom. The van der Waals surface area contributed by atoms with Crippen LogP contribution < -0.4 is 5.32 Å². The monoisotopic (exact) mass is 205 g/mol. The molecule has 0 aliphatic heterocycles. The maximum atomic E-state index is 4.36.